The van der Waals surface area contributed by atoms with Gasteiger partial charge in [0.2, 0.25) is 5.91 Å². The Bertz CT molecular complexity index is 937. The van der Waals surface area contributed by atoms with E-state index < -0.39 is 12.0 Å². The molecule has 1 aromatic carbocycles. The van der Waals surface area contributed by atoms with Crippen molar-refractivity contribution in [1.82, 2.24) is 15.6 Å². The molecule has 4 rings (SSSR count). The average molecular weight is 399 g/mol. The SMILES string of the molecule is Cc1ncc(-c2ccc(C(C)C(C#N)NC(=O)C3NC4CCC3C4)c(F)c2)s1. The van der Waals surface area contributed by atoms with Crippen molar-refractivity contribution in [2.45, 2.75) is 57.2 Å². The van der Waals surface area contributed by atoms with Crippen molar-refractivity contribution in [1.29, 1.82) is 5.26 Å². The van der Waals surface area contributed by atoms with E-state index in [1.54, 1.807) is 19.2 Å². The Kier molecular flexibility index (Phi) is 5.17. The number of aryl methyl sites for hydroxylation is 1. The van der Waals surface area contributed by atoms with Gasteiger partial charge in [-0.2, -0.15) is 5.26 Å². The van der Waals surface area contributed by atoms with Gasteiger partial charge in [-0.05, 0) is 49.3 Å². The van der Waals surface area contributed by atoms with Crippen molar-refractivity contribution in [3.05, 3.63) is 40.8 Å². The van der Waals surface area contributed by atoms with E-state index in [2.05, 4.69) is 21.7 Å². The molecule has 1 aromatic heterocycles. The zero-order valence-electron chi connectivity index (χ0n) is 15.9. The van der Waals surface area contributed by atoms with Crippen LogP contribution in [0.15, 0.2) is 24.4 Å². The molecule has 1 aliphatic carbocycles. The number of halogens is 1. The normalized spacial score (nSPS) is 25.3. The van der Waals surface area contributed by atoms with E-state index in [0.717, 1.165) is 34.7 Å². The first-order chi connectivity index (χ1) is 13.5. The number of benzene rings is 1. The highest BCUT2D eigenvalue weighted by molar-refractivity contribution is 7.15. The molecule has 0 spiro atoms. The van der Waals surface area contributed by atoms with E-state index in [9.17, 15) is 14.4 Å². The lowest BCUT2D eigenvalue weighted by Crippen LogP contribution is -2.51. The molecule has 2 aromatic rings. The fraction of sp³-hybridized carbons (Fsp3) is 0.476. The van der Waals surface area contributed by atoms with Gasteiger partial charge < -0.3 is 10.6 Å². The minimum Gasteiger partial charge on any atom is -0.338 e. The van der Waals surface area contributed by atoms with E-state index in [1.807, 2.05) is 13.0 Å². The van der Waals surface area contributed by atoms with Gasteiger partial charge in [-0.3, -0.25) is 4.79 Å². The quantitative estimate of drug-likeness (QED) is 0.808. The number of hydrogen-bond acceptors (Lipinski definition) is 5. The Hall–Kier alpha value is -2.30. The summed E-state index contributed by atoms with van der Waals surface area (Å²) in [6.45, 7) is 3.68. The van der Waals surface area contributed by atoms with Crippen LogP contribution in [0.1, 0.15) is 42.7 Å². The van der Waals surface area contributed by atoms with Crippen LogP contribution in [-0.2, 0) is 4.79 Å². The second-order valence-corrected chi connectivity index (χ2v) is 9.03. The molecule has 1 aliphatic heterocycles. The smallest absolute Gasteiger partial charge is 0.238 e. The molecule has 0 radical (unpaired) electrons. The predicted octanol–water partition coefficient (Wildman–Crippen LogP) is 3.51. The summed E-state index contributed by atoms with van der Waals surface area (Å²) in [7, 11) is 0. The van der Waals surface area contributed by atoms with Crippen LogP contribution in [0.4, 0.5) is 4.39 Å². The van der Waals surface area contributed by atoms with Gasteiger partial charge in [-0.1, -0.05) is 19.1 Å². The summed E-state index contributed by atoms with van der Waals surface area (Å²) < 4.78 is 14.8. The van der Waals surface area contributed by atoms with Gasteiger partial charge in [-0.25, -0.2) is 9.37 Å². The van der Waals surface area contributed by atoms with E-state index in [0.29, 0.717) is 17.5 Å². The summed E-state index contributed by atoms with van der Waals surface area (Å²) >= 11 is 1.51. The van der Waals surface area contributed by atoms with Gasteiger partial charge >= 0.3 is 0 Å². The van der Waals surface area contributed by atoms with E-state index in [-0.39, 0.29) is 17.8 Å². The summed E-state index contributed by atoms with van der Waals surface area (Å²) in [5.74, 6) is -0.630. The Morgan fingerprint density at radius 1 is 1.46 bits per heavy atom. The van der Waals surface area contributed by atoms with Crippen LogP contribution in [-0.4, -0.2) is 29.0 Å². The van der Waals surface area contributed by atoms with Crippen molar-refractivity contribution >= 4 is 17.2 Å². The van der Waals surface area contributed by atoms with Crippen LogP contribution in [0, 0.1) is 30.0 Å². The molecule has 146 valence electrons. The highest BCUT2D eigenvalue weighted by Gasteiger charge is 2.43. The van der Waals surface area contributed by atoms with Crippen molar-refractivity contribution in [3.8, 4) is 16.5 Å². The number of aromatic nitrogens is 1. The van der Waals surface area contributed by atoms with Crippen LogP contribution in [0.5, 0.6) is 0 Å². The fourth-order valence-corrected chi connectivity index (χ4v) is 5.16. The average Bonchev–Trinajstić information content (AvgIpc) is 3.42. The number of fused-ring (bicyclic) bond motifs is 2. The maximum atomic E-state index is 14.8. The molecule has 5 atom stereocenters. The van der Waals surface area contributed by atoms with Crippen LogP contribution in [0.3, 0.4) is 0 Å². The third-order valence-electron chi connectivity index (χ3n) is 5.98. The van der Waals surface area contributed by atoms with E-state index in [4.69, 9.17) is 0 Å². The Morgan fingerprint density at radius 3 is 2.86 bits per heavy atom. The number of nitrogens with zero attached hydrogens (tertiary/aromatic N) is 2. The first-order valence-electron chi connectivity index (χ1n) is 9.64. The maximum absolute atomic E-state index is 14.8. The van der Waals surface area contributed by atoms with Gasteiger partial charge in [0.1, 0.15) is 11.9 Å². The molecule has 1 saturated carbocycles. The number of carbonyl (C=O) groups is 1. The Morgan fingerprint density at radius 2 is 2.29 bits per heavy atom. The van der Waals surface area contributed by atoms with Crippen molar-refractivity contribution in [2.24, 2.45) is 5.92 Å². The lowest BCUT2D eigenvalue weighted by molar-refractivity contribution is -0.124. The number of hydrogen-bond donors (Lipinski definition) is 2. The van der Waals surface area contributed by atoms with Gasteiger partial charge in [0, 0.05) is 18.2 Å². The molecule has 2 heterocycles. The van der Waals surface area contributed by atoms with Gasteiger partial charge in [0.25, 0.3) is 0 Å². The van der Waals surface area contributed by atoms with Gasteiger partial charge in [0.05, 0.1) is 22.0 Å². The number of thiazole rings is 1. The van der Waals surface area contributed by atoms with Crippen molar-refractivity contribution in [2.75, 3.05) is 0 Å². The summed E-state index contributed by atoms with van der Waals surface area (Å²) in [6, 6.07) is 6.57. The number of carbonyl (C=O) groups excluding carboxylic acids is 1. The summed E-state index contributed by atoms with van der Waals surface area (Å²) in [5.41, 5.74) is 1.19. The lowest BCUT2D eigenvalue weighted by Gasteiger charge is -2.26. The predicted molar refractivity (Wildman–Crippen MR) is 106 cm³/mol. The standard InChI is InChI=1S/C21H23FN4OS/c1-11(16-6-4-13(8-17(16)22)19-10-24-12(2)28-19)18(9-23)26-21(27)20-14-3-5-15(7-14)25-20/h4,6,8,10-11,14-15,18,20,25H,3,5,7H2,1-2H3,(H,26,27). The van der Waals surface area contributed by atoms with Crippen LogP contribution in [0.25, 0.3) is 10.4 Å². The second-order valence-electron chi connectivity index (χ2n) is 7.80. The van der Waals surface area contributed by atoms with E-state index in [1.165, 1.54) is 17.4 Å². The molecule has 2 fully saturated rings. The highest BCUT2D eigenvalue weighted by atomic mass is 32.1. The number of nitrogens with one attached hydrogen (secondary N) is 2. The number of rotatable bonds is 5. The Labute approximate surface area is 168 Å². The molecular weight excluding hydrogens is 375 g/mol. The van der Waals surface area contributed by atoms with Crippen LogP contribution in [0.2, 0.25) is 0 Å². The number of amides is 1. The lowest BCUT2D eigenvalue weighted by atomic mass is 9.91. The van der Waals surface area contributed by atoms with Gasteiger partial charge in [0.15, 0.2) is 0 Å². The topological polar surface area (TPSA) is 77.8 Å². The number of piperidine rings is 1. The summed E-state index contributed by atoms with van der Waals surface area (Å²) in [6.07, 6.45) is 4.93. The van der Waals surface area contributed by atoms with Crippen LogP contribution < -0.4 is 10.6 Å². The van der Waals surface area contributed by atoms with Crippen molar-refractivity contribution in [3.63, 3.8) is 0 Å². The maximum Gasteiger partial charge on any atom is 0.238 e. The molecule has 2 aliphatic rings. The Balaban J connectivity index is 1.48. The van der Waals surface area contributed by atoms with Crippen LogP contribution >= 0.6 is 11.3 Å². The molecule has 1 saturated heterocycles. The summed E-state index contributed by atoms with van der Waals surface area (Å²) in [5, 5.41) is 16.7. The fourth-order valence-electron chi connectivity index (χ4n) is 4.39. The zero-order valence-corrected chi connectivity index (χ0v) is 16.7. The largest absolute Gasteiger partial charge is 0.338 e. The molecule has 5 unspecified atom stereocenters. The molecular formula is C21H23FN4OS. The highest BCUT2D eigenvalue weighted by Crippen LogP contribution is 2.35. The minimum absolute atomic E-state index is 0.150. The first kappa shape index (κ1) is 19.0. The second kappa shape index (κ2) is 7.61. The first-order valence-corrected chi connectivity index (χ1v) is 10.5. The molecule has 7 heteroatoms. The molecule has 2 N–H and O–H groups in total. The molecule has 1 amide bonds. The third kappa shape index (κ3) is 3.54. The minimum atomic E-state index is -0.778. The zero-order chi connectivity index (χ0) is 19.8. The van der Waals surface area contributed by atoms with Gasteiger partial charge in [-0.15, -0.1) is 11.3 Å². The molecule has 28 heavy (non-hydrogen) atoms. The number of nitriles is 1. The summed E-state index contributed by atoms with van der Waals surface area (Å²) in [4.78, 5) is 17.8. The third-order valence-corrected chi connectivity index (χ3v) is 6.94. The van der Waals surface area contributed by atoms with E-state index >= 15 is 0 Å². The molecule has 2 bridgehead atoms. The van der Waals surface area contributed by atoms with Crippen molar-refractivity contribution < 1.29 is 9.18 Å². The monoisotopic (exact) mass is 398 g/mol. The molecule has 5 nitrogen and oxygen atoms in total.